The molecule has 0 amide bonds. The second-order valence-electron chi connectivity index (χ2n) is 7.00. The lowest BCUT2D eigenvalue weighted by atomic mass is 10.0. The number of hydrogen-bond donors (Lipinski definition) is 2. The Hall–Kier alpha value is -3.74. The number of nitrogens with zero attached hydrogens (tertiary/aromatic N) is 5. The quantitative estimate of drug-likeness (QED) is 0.497. The van der Waals surface area contributed by atoms with Gasteiger partial charge < -0.3 is 10.3 Å². The molecule has 7 heteroatoms. The van der Waals surface area contributed by atoms with Gasteiger partial charge in [-0.1, -0.05) is 6.07 Å². The average molecular weight is 369 g/mol. The lowest BCUT2D eigenvalue weighted by molar-refractivity contribution is 0.877. The first kappa shape index (κ1) is 16.4. The number of pyridine rings is 2. The van der Waals surface area contributed by atoms with Gasteiger partial charge in [-0.05, 0) is 37.6 Å². The Morgan fingerprint density at radius 2 is 2.00 bits per heavy atom. The molecular formula is C21H19N7. The number of rotatable bonds is 4. The Labute approximate surface area is 161 Å². The van der Waals surface area contributed by atoms with Crippen LogP contribution in [0.25, 0.3) is 38.8 Å². The van der Waals surface area contributed by atoms with Crippen molar-refractivity contribution in [2.24, 2.45) is 0 Å². The zero-order chi connectivity index (χ0) is 19.1. The van der Waals surface area contributed by atoms with Crippen molar-refractivity contribution < 1.29 is 0 Å². The van der Waals surface area contributed by atoms with E-state index < -0.39 is 0 Å². The van der Waals surface area contributed by atoms with Gasteiger partial charge in [0.1, 0.15) is 5.65 Å². The summed E-state index contributed by atoms with van der Waals surface area (Å²) >= 11 is 0. The first-order valence-electron chi connectivity index (χ1n) is 9.18. The molecule has 2 N–H and O–H groups in total. The Bertz CT molecular complexity index is 1270. The van der Waals surface area contributed by atoms with Gasteiger partial charge in [-0.3, -0.25) is 4.98 Å². The minimum absolute atomic E-state index is 0.280. The summed E-state index contributed by atoms with van der Waals surface area (Å²) < 4.78 is 1.88. The number of anilines is 1. The van der Waals surface area contributed by atoms with E-state index in [1.165, 1.54) is 0 Å². The van der Waals surface area contributed by atoms with Crippen LogP contribution in [0.15, 0.2) is 61.4 Å². The fourth-order valence-electron chi connectivity index (χ4n) is 3.37. The average Bonchev–Trinajstić information content (AvgIpc) is 3.31. The largest absolute Gasteiger partial charge is 0.352 e. The molecule has 5 heterocycles. The highest BCUT2D eigenvalue weighted by Gasteiger charge is 2.12. The van der Waals surface area contributed by atoms with E-state index in [0.717, 1.165) is 38.8 Å². The normalized spacial score (nSPS) is 11.5. The van der Waals surface area contributed by atoms with Crippen molar-refractivity contribution in [3.05, 3.63) is 61.4 Å². The maximum Gasteiger partial charge on any atom is 0.224 e. The molecule has 28 heavy (non-hydrogen) atoms. The molecule has 0 saturated heterocycles. The zero-order valence-corrected chi connectivity index (χ0v) is 15.6. The van der Waals surface area contributed by atoms with Crippen LogP contribution >= 0.6 is 0 Å². The van der Waals surface area contributed by atoms with Crippen molar-refractivity contribution in [2.75, 3.05) is 5.32 Å². The van der Waals surface area contributed by atoms with Crippen LogP contribution in [0.5, 0.6) is 0 Å². The van der Waals surface area contributed by atoms with E-state index in [1.807, 2.05) is 47.6 Å². The highest BCUT2D eigenvalue weighted by atomic mass is 15.2. The molecule has 0 spiro atoms. The predicted octanol–water partition coefficient (Wildman–Crippen LogP) is 4.15. The van der Waals surface area contributed by atoms with Crippen LogP contribution in [-0.2, 0) is 0 Å². The van der Waals surface area contributed by atoms with Gasteiger partial charge in [0.2, 0.25) is 5.95 Å². The standard InChI is InChI=1S/C21H19N7/c1-13(2)26-21-24-11-18-16(10-23-20(18)27-21)14-5-7-28-19(8-14)17(12-25-28)15-4-3-6-22-9-15/h3-13H,1-2H3,(H2,23,24,26,27). The van der Waals surface area contributed by atoms with E-state index in [2.05, 4.69) is 56.3 Å². The molecule has 5 aromatic heterocycles. The topological polar surface area (TPSA) is 83.8 Å². The second kappa shape index (κ2) is 6.45. The van der Waals surface area contributed by atoms with Gasteiger partial charge in [0.25, 0.3) is 0 Å². The lowest BCUT2D eigenvalue weighted by Crippen LogP contribution is -2.12. The highest BCUT2D eigenvalue weighted by molar-refractivity contribution is 5.95. The lowest BCUT2D eigenvalue weighted by Gasteiger charge is -2.07. The summed E-state index contributed by atoms with van der Waals surface area (Å²) in [5, 5.41) is 8.69. The molecule has 0 aliphatic heterocycles. The Balaban J connectivity index is 1.61. The molecule has 0 unspecified atom stereocenters. The van der Waals surface area contributed by atoms with E-state index in [1.54, 1.807) is 6.20 Å². The molecule has 0 fully saturated rings. The minimum Gasteiger partial charge on any atom is -0.352 e. The first-order chi connectivity index (χ1) is 13.7. The van der Waals surface area contributed by atoms with Crippen LogP contribution in [0, 0.1) is 0 Å². The van der Waals surface area contributed by atoms with Crippen molar-refractivity contribution in [1.82, 2.24) is 29.5 Å². The minimum atomic E-state index is 0.280. The van der Waals surface area contributed by atoms with E-state index in [0.29, 0.717) is 5.95 Å². The van der Waals surface area contributed by atoms with Crippen LogP contribution < -0.4 is 5.32 Å². The van der Waals surface area contributed by atoms with Crippen molar-refractivity contribution in [1.29, 1.82) is 0 Å². The molecule has 0 aromatic carbocycles. The predicted molar refractivity (Wildman–Crippen MR) is 110 cm³/mol. The molecule has 7 nitrogen and oxygen atoms in total. The molecule has 138 valence electrons. The third-order valence-electron chi connectivity index (χ3n) is 4.66. The summed E-state index contributed by atoms with van der Waals surface area (Å²) in [5.41, 5.74) is 6.08. The molecule has 0 atom stereocenters. The van der Waals surface area contributed by atoms with Gasteiger partial charge in [0.05, 0.1) is 11.7 Å². The molecule has 0 aliphatic carbocycles. The number of aromatic nitrogens is 6. The Morgan fingerprint density at radius 1 is 1.07 bits per heavy atom. The smallest absolute Gasteiger partial charge is 0.224 e. The second-order valence-corrected chi connectivity index (χ2v) is 7.00. The maximum absolute atomic E-state index is 4.58. The molecule has 0 saturated carbocycles. The number of fused-ring (bicyclic) bond motifs is 2. The monoisotopic (exact) mass is 369 g/mol. The third-order valence-corrected chi connectivity index (χ3v) is 4.66. The van der Waals surface area contributed by atoms with Crippen LogP contribution in [0.1, 0.15) is 13.8 Å². The van der Waals surface area contributed by atoms with Crippen molar-refractivity contribution in [2.45, 2.75) is 19.9 Å². The fraction of sp³-hybridized carbons (Fsp3) is 0.143. The third kappa shape index (κ3) is 2.77. The number of nitrogens with one attached hydrogen (secondary N) is 2. The van der Waals surface area contributed by atoms with Gasteiger partial charge in [0, 0.05) is 59.1 Å². The summed E-state index contributed by atoms with van der Waals surface area (Å²) in [4.78, 5) is 16.5. The fourth-order valence-corrected chi connectivity index (χ4v) is 3.37. The molecule has 5 aromatic rings. The van der Waals surface area contributed by atoms with Crippen molar-refractivity contribution in [3.8, 4) is 22.3 Å². The van der Waals surface area contributed by atoms with Crippen LogP contribution in [0.4, 0.5) is 5.95 Å². The Morgan fingerprint density at radius 3 is 2.82 bits per heavy atom. The molecule has 0 radical (unpaired) electrons. The van der Waals surface area contributed by atoms with E-state index in [4.69, 9.17) is 0 Å². The summed E-state index contributed by atoms with van der Waals surface area (Å²) in [6, 6.07) is 8.44. The van der Waals surface area contributed by atoms with Crippen LogP contribution in [0.2, 0.25) is 0 Å². The highest BCUT2D eigenvalue weighted by Crippen LogP contribution is 2.31. The number of hydrogen-bond acceptors (Lipinski definition) is 5. The first-order valence-corrected chi connectivity index (χ1v) is 9.18. The van der Waals surface area contributed by atoms with Crippen LogP contribution in [-0.4, -0.2) is 35.6 Å². The maximum atomic E-state index is 4.58. The van der Waals surface area contributed by atoms with Gasteiger partial charge in [0.15, 0.2) is 0 Å². The van der Waals surface area contributed by atoms with Gasteiger partial charge in [-0.25, -0.2) is 9.50 Å². The van der Waals surface area contributed by atoms with Crippen LogP contribution in [0.3, 0.4) is 0 Å². The van der Waals surface area contributed by atoms with E-state index in [9.17, 15) is 0 Å². The summed E-state index contributed by atoms with van der Waals surface area (Å²) in [5.74, 6) is 0.626. The summed E-state index contributed by atoms with van der Waals surface area (Å²) in [6.45, 7) is 4.13. The van der Waals surface area contributed by atoms with E-state index in [-0.39, 0.29) is 6.04 Å². The van der Waals surface area contributed by atoms with E-state index >= 15 is 0 Å². The van der Waals surface area contributed by atoms with Gasteiger partial charge in [-0.2, -0.15) is 10.1 Å². The molecule has 0 aliphatic rings. The zero-order valence-electron chi connectivity index (χ0n) is 15.6. The number of H-pyrrole nitrogens is 1. The SMILES string of the molecule is CC(C)Nc1ncc2c(-c3ccn4ncc(-c5cccnc5)c4c3)c[nH]c2n1. The van der Waals surface area contributed by atoms with Gasteiger partial charge >= 0.3 is 0 Å². The molecule has 0 bridgehead atoms. The van der Waals surface area contributed by atoms with Gasteiger partial charge in [-0.15, -0.1) is 0 Å². The van der Waals surface area contributed by atoms with Crippen molar-refractivity contribution in [3.63, 3.8) is 0 Å². The Kier molecular flexibility index (Phi) is 3.79. The summed E-state index contributed by atoms with van der Waals surface area (Å²) in [6.07, 6.45) is 11.3. The van der Waals surface area contributed by atoms with Crippen molar-refractivity contribution >= 4 is 22.5 Å². The number of aromatic amines is 1. The molecule has 5 rings (SSSR count). The summed E-state index contributed by atoms with van der Waals surface area (Å²) in [7, 11) is 0. The molecular weight excluding hydrogens is 350 g/mol.